The predicted molar refractivity (Wildman–Crippen MR) is 62.1 cm³/mol. The minimum absolute atomic E-state index is 0.0480. The first-order valence-electron chi connectivity index (χ1n) is 6.07. The third-order valence-electron chi connectivity index (χ3n) is 3.56. The second kappa shape index (κ2) is 5.36. The summed E-state index contributed by atoms with van der Waals surface area (Å²) in [6.07, 6.45) is 5.32. The molecule has 1 heterocycles. The largest absolute Gasteiger partial charge is 0.441 e. The van der Waals surface area contributed by atoms with Crippen molar-refractivity contribution in [2.75, 3.05) is 18.9 Å². The van der Waals surface area contributed by atoms with Crippen LogP contribution in [-0.4, -0.2) is 36.1 Å². The SMILES string of the molecule is FC(F)(F)SCCNC1CCOC2(CCC2)C1. The van der Waals surface area contributed by atoms with E-state index in [-0.39, 0.29) is 23.1 Å². The van der Waals surface area contributed by atoms with Crippen molar-refractivity contribution in [2.45, 2.75) is 49.3 Å². The Bertz CT molecular complexity index is 256. The molecule has 2 nitrogen and oxygen atoms in total. The van der Waals surface area contributed by atoms with Crippen LogP contribution in [0.5, 0.6) is 0 Å². The number of rotatable bonds is 4. The summed E-state index contributed by atoms with van der Waals surface area (Å²) < 4.78 is 41.5. The van der Waals surface area contributed by atoms with E-state index in [0.29, 0.717) is 12.6 Å². The van der Waals surface area contributed by atoms with E-state index in [0.717, 1.165) is 32.3 Å². The minimum Gasteiger partial charge on any atom is -0.375 e. The number of nitrogens with one attached hydrogen (secondary N) is 1. The molecule has 1 saturated heterocycles. The molecule has 1 unspecified atom stereocenters. The number of ether oxygens (including phenoxy) is 1. The number of thioether (sulfide) groups is 1. The van der Waals surface area contributed by atoms with Gasteiger partial charge in [-0.05, 0) is 43.9 Å². The molecule has 1 N–H and O–H groups in total. The first kappa shape index (κ1) is 13.5. The van der Waals surface area contributed by atoms with Crippen molar-refractivity contribution in [2.24, 2.45) is 0 Å². The zero-order valence-corrected chi connectivity index (χ0v) is 10.5. The van der Waals surface area contributed by atoms with Gasteiger partial charge in [0.15, 0.2) is 0 Å². The van der Waals surface area contributed by atoms with Gasteiger partial charge < -0.3 is 10.1 Å². The lowest BCUT2D eigenvalue weighted by Crippen LogP contribution is -2.51. The minimum atomic E-state index is -4.10. The molecule has 2 fully saturated rings. The normalized spacial score (nSPS) is 28.1. The van der Waals surface area contributed by atoms with Crippen molar-refractivity contribution in [3.05, 3.63) is 0 Å². The van der Waals surface area contributed by atoms with Crippen LogP contribution in [0.2, 0.25) is 0 Å². The fraction of sp³-hybridized carbons (Fsp3) is 1.00. The maximum atomic E-state index is 11.9. The summed E-state index contributed by atoms with van der Waals surface area (Å²) in [4.78, 5) is 0. The third-order valence-corrected chi connectivity index (χ3v) is 4.29. The molecule has 2 aliphatic rings. The van der Waals surface area contributed by atoms with Crippen LogP contribution in [0.25, 0.3) is 0 Å². The summed E-state index contributed by atoms with van der Waals surface area (Å²) in [5.41, 5.74) is -4.04. The van der Waals surface area contributed by atoms with Gasteiger partial charge in [0.1, 0.15) is 0 Å². The van der Waals surface area contributed by atoms with E-state index in [1.54, 1.807) is 0 Å². The Kier molecular flexibility index (Phi) is 4.26. The van der Waals surface area contributed by atoms with Crippen LogP contribution in [0, 0.1) is 0 Å². The number of halogens is 3. The van der Waals surface area contributed by atoms with Gasteiger partial charge in [-0.25, -0.2) is 0 Å². The zero-order chi connectivity index (χ0) is 12.4. The molecule has 1 atom stereocenters. The third kappa shape index (κ3) is 4.03. The van der Waals surface area contributed by atoms with E-state index in [4.69, 9.17) is 4.74 Å². The Balaban J connectivity index is 1.62. The zero-order valence-electron chi connectivity index (χ0n) is 9.68. The highest BCUT2D eigenvalue weighted by molar-refractivity contribution is 8.00. The molecule has 1 spiro atoms. The van der Waals surface area contributed by atoms with Gasteiger partial charge in [0.05, 0.1) is 5.60 Å². The Hall–Kier alpha value is 0.0600. The first-order valence-corrected chi connectivity index (χ1v) is 7.06. The van der Waals surface area contributed by atoms with E-state index in [2.05, 4.69) is 5.32 Å². The van der Waals surface area contributed by atoms with Gasteiger partial charge in [-0.3, -0.25) is 0 Å². The predicted octanol–water partition coefficient (Wildman–Crippen LogP) is 2.93. The van der Waals surface area contributed by atoms with Crippen molar-refractivity contribution >= 4 is 11.8 Å². The van der Waals surface area contributed by atoms with Crippen molar-refractivity contribution in [3.8, 4) is 0 Å². The summed E-state index contributed by atoms with van der Waals surface area (Å²) in [7, 11) is 0. The van der Waals surface area contributed by atoms with Gasteiger partial charge in [0.25, 0.3) is 0 Å². The first-order chi connectivity index (χ1) is 7.99. The summed E-state index contributed by atoms with van der Waals surface area (Å²) in [6, 6.07) is 0.331. The van der Waals surface area contributed by atoms with E-state index in [1.165, 1.54) is 6.42 Å². The summed E-state index contributed by atoms with van der Waals surface area (Å²) >= 11 is 0.0480. The van der Waals surface area contributed by atoms with Gasteiger partial charge in [-0.2, -0.15) is 13.2 Å². The maximum absolute atomic E-state index is 11.9. The Morgan fingerprint density at radius 2 is 2.12 bits per heavy atom. The second-order valence-electron chi connectivity index (χ2n) is 4.82. The fourth-order valence-corrected chi connectivity index (χ4v) is 3.00. The fourth-order valence-electron chi connectivity index (χ4n) is 2.55. The van der Waals surface area contributed by atoms with Crippen LogP contribution < -0.4 is 5.32 Å². The van der Waals surface area contributed by atoms with E-state index >= 15 is 0 Å². The molecule has 100 valence electrons. The summed E-state index contributed by atoms with van der Waals surface area (Å²) in [5, 5.41) is 3.22. The van der Waals surface area contributed by atoms with Crippen molar-refractivity contribution in [3.63, 3.8) is 0 Å². The molecule has 2 rings (SSSR count). The number of hydrogen-bond acceptors (Lipinski definition) is 3. The van der Waals surface area contributed by atoms with Gasteiger partial charge in [0.2, 0.25) is 0 Å². The van der Waals surface area contributed by atoms with Crippen molar-refractivity contribution in [1.82, 2.24) is 5.32 Å². The molecule has 1 aliphatic carbocycles. The van der Waals surface area contributed by atoms with Crippen LogP contribution >= 0.6 is 11.8 Å². The molecule has 0 aromatic heterocycles. The summed E-state index contributed by atoms with van der Waals surface area (Å²) in [6.45, 7) is 1.16. The molecule has 0 aromatic carbocycles. The van der Waals surface area contributed by atoms with Crippen LogP contribution in [0.4, 0.5) is 13.2 Å². The van der Waals surface area contributed by atoms with Crippen molar-refractivity contribution in [1.29, 1.82) is 0 Å². The van der Waals surface area contributed by atoms with Crippen LogP contribution in [0.3, 0.4) is 0 Å². The molecular formula is C11H18F3NOS. The topological polar surface area (TPSA) is 21.3 Å². The highest BCUT2D eigenvalue weighted by atomic mass is 32.2. The van der Waals surface area contributed by atoms with Crippen LogP contribution in [0.15, 0.2) is 0 Å². The molecule has 0 bridgehead atoms. The van der Waals surface area contributed by atoms with Crippen LogP contribution in [0.1, 0.15) is 32.1 Å². The van der Waals surface area contributed by atoms with Crippen LogP contribution in [-0.2, 0) is 4.74 Å². The van der Waals surface area contributed by atoms with E-state index < -0.39 is 5.51 Å². The number of alkyl halides is 3. The lowest BCUT2D eigenvalue weighted by molar-refractivity contribution is -0.135. The average molecular weight is 269 g/mol. The lowest BCUT2D eigenvalue weighted by Gasteiger charge is -2.47. The Labute approximate surface area is 104 Å². The number of hydrogen-bond donors (Lipinski definition) is 1. The quantitative estimate of drug-likeness (QED) is 0.793. The average Bonchev–Trinajstić information content (AvgIpc) is 2.21. The highest BCUT2D eigenvalue weighted by Gasteiger charge is 2.42. The smallest absolute Gasteiger partial charge is 0.375 e. The van der Waals surface area contributed by atoms with Crippen molar-refractivity contribution < 1.29 is 17.9 Å². The van der Waals surface area contributed by atoms with Gasteiger partial charge in [0, 0.05) is 24.9 Å². The molecule has 0 amide bonds. The Morgan fingerprint density at radius 3 is 2.71 bits per heavy atom. The molecule has 1 aliphatic heterocycles. The van der Waals surface area contributed by atoms with E-state index in [1.807, 2.05) is 0 Å². The lowest BCUT2D eigenvalue weighted by atomic mass is 9.74. The second-order valence-corrected chi connectivity index (χ2v) is 5.98. The molecule has 17 heavy (non-hydrogen) atoms. The van der Waals surface area contributed by atoms with Gasteiger partial charge in [-0.1, -0.05) is 0 Å². The molecule has 0 aromatic rings. The monoisotopic (exact) mass is 269 g/mol. The molecular weight excluding hydrogens is 251 g/mol. The Morgan fingerprint density at radius 1 is 1.35 bits per heavy atom. The van der Waals surface area contributed by atoms with Gasteiger partial charge >= 0.3 is 5.51 Å². The van der Waals surface area contributed by atoms with E-state index in [9.17, 15) is 13.2 Å². The molecule has 0 radical (unpaired) electrons. The maximum Gasteiger partial charge on any atom is 0.441 e. The molecule has 1 saturated carbocycles. The highest BCUT2D eigenvalue weighted by Crippen LogP contribution is 2.42. The van der Waals surface area contributed by atoms with Gasteiger partial charge in [-0.15, -0.1) is 0 Å². The molecule has 6 heteroatoms. The standard InChI is InChI=1S/C11H18F3NOS/c12-11(13,14)17-7-5-15-9-2-6-16-10(8-9)3-1-4-10/h9,15H,1-8H2. The summed E-state index contributed by atoms with van der Waals surface area (Å²) in [5.74, 6) is 0.0911.